The lowest BCUT2D eigenvalue weighted by Crippen LogP contribution is -2.54. The van der Waals surface area contributed by atoms with Crippen LogP contribution < -0.4 is 0 Å². The average Bonchev–Trinajstić information content (AvgIpc) is 4.23. The van der Waals surface area contributed by atoms with Gasteiger partial charge in [-0.25, -0.2) is 18.7 Å². The maximum absolute atomic E-state index is 10.7. The van der Waals surface area contributed by atoms with Crippen LogP contribution in [0.25, 0.3) is 0 Å². The Hall–Kier alpha value is -4.24. The van der Waals surface area contributed by atoms with Gasteiger partial charge in [-0.2, -0.15) is 0 Å². The minimum absolute atomic E-state index is 0.183. The van der Waals surface area contributed by atoms with Crippen LogP contribution in [-0.2, 0) is 64.3 Å². The van der Waals surface area contributed by atoms with Gasteiger partial charge in [0.15, 0.2) is 24.9 Å². The molecule has 73 heavy (non-hydrogen) atoms. The maximum atomic E-state index is 10.7. The van der Waals surface area contributed by atoms with Crippen molar-refractivity contribution in [1.29, 1.82) is 0 Å². The van der Waals surface area contributed by atoms with Gasteiger partial charge < -0.3 is 99.2 Å². The molecule has 4 aliphatic heterocycles. The number of ether oxygens (including phenoxy) is 8. The Morgan fingerprint density at radius 3 is 0.767 bits per heavy atom. The zero-order valence-corrected chi connectivity index (χ0v) is 40.0. The number of hydrogen-bond acceptors (Lipinski definition) is 28. The molecule has 8 rings (SSSR count). The Morgan fingerprint density at radius 2 is 0.562 bits per heavy atom. The summed E-state index contributed by atoms with van der Waals surface area (Å²) >= 11 is 0. The van der Waals surface area contributed by atoms with E-state index in [1.807, 2.05) is 0 Å². The predicted molar refractivity (Wildman–Crippen MR) is 232 cm³/mol. The van der Waals surface area contributed by atoms with E-state index < -0.39 is 128 Å². The third kappa shape index (κ3) is 12.1. The van der Waals surface area contributed by atoms with E-state index in [0.717, 1.165) is 0 Å². The normalized spacial score (nSPS) is 37.5. The van der Waals surface area contributed by atoms with Crippen LogP contribution in [0.2, 0.25) is 0 Å². The lowest BCUT2D eigenvalue weighted by Gasteiger charge is -2.38. The standard InChI is InChI=1S/C41H64N12O20/c1-17-25(54)29(58)33(62)37(70-17)50-5-21(42-46-50)9-66-13-41(14-67-10-22-6-51(47-43-22)38-34(63)30(59)26(55)18(2)71-38,15-68-11-23-7-52(48-44-23)39-35(64)31(60)27(56)19(3)72-39)16-69-12-24-8-53(49-45-24)40-36(65)32(61)28(57)20(4)73-40/h5-8,17-20,25-40,54-65H,9-16H2,1-4H3/t17-,18-,19-,20-,25+,26+,27+,28+,29+,30+,31+,32+,33-,34-,35-,36-,37+,38+,39+,40+/m0/s1. The summed E-state index contributed by atoms with van der Waals surface area (Å²) in [4.78, 5) is 0. The highest BCUT2D eigenvalue weighted by molar-refractivity contribution is 5.00. The van der Waals surface area contributed by atoms with E-state index in [1.165, 1.54) is 71.2 Å². The molecule has 12 N–H and O–H groups in total. The molecule has 0 bridgehead atoms. The van der Waals surface area contributed by atoms with Crippen LogP contribution in [0, 0.1) is 5.41 Å². The first-order chi connectivity index (χ1) is 34.7. The van der Waals surface area contributed by atoms with Crippen molar-refractivity contribution in [1.82, 2.24) is 60.0 Å². The van der Waals surface area contributed by atoms with Crippen LogP contribution in [0.15, 0.2) is 24.8 Å². The van der Waals surface area contributed by atoms with Gasteiger partial charge in [-0.05, 0) is 27.7 Å². The molecule has 32 heteroatoms. The van der Waals surface area contributed by atoms with E-state index in [-0.39, 0.29) is 75.6 Å². The molecule has 0 radical (unpaired) electrons. The second-order valence-corrected chi connectivity index (χ2v) is 19.0. The highest BCUT2D eigenvalue weighted by Crippen LogP contribution is 2.32. The van der Waals surface area contributed by atoms with Gasteiger partial charge >= 0.3 is 0 Å². The highest BCUT2D eigenvalue weighted by Gasteiger charge is 2.47. The number of nitrogens with zero attached hydrogens (tertiary/aromatic N) is 12. The van der Waals surface area contributed by atoms with Gasteiger partial charge in [0.2, 0.25) is 0 Å². The first-order valence-electron chi connectivity index (χ1n) is 23.5. The summed E-state index contributed by atoms with van der Waals surface area (Å²) in [6.07, 6.45) is -20.0. The molecular weight excluding hydrogens is 981 g/mol. The predicted octanol–water partition coefficient (Wildman–Crippen LogP) is -6.79. The monoisotopic (exact) mass is 1040 g/mol. The van der Waals surface area contributed by atoms with Gasteiger partial charge in [0.25, 0.3) is 0 Å². The van der Waals surface area contributed by atoms with Crippen molar-refractivity contribution in [2.75, 3.05) is 26.4 Å². The summed E-state index contributed by atoms with van der Waals surface area (Å²) in [5.41, 5.74) is -0.179. The first-order valence-corrected chi connectivity index (χ1v) is 23.5. The molecule has 0 saturated carbocycles. The number of hydrogen-bond donors (Lipinski definition) is 12. The Kier molecular flexibility index (Phi) is 17.6. The number of aromatic nitrogens is 12. The van der Waals surface area contributed by atoms with Crippen LogP contribution >= 0.6 is 0 Å². The average molecular weight is 1050 g/mol. The molecule has 0 aliphatic carbocycles. The van der Waals surface area contributed by atoms with Crippen molar-refractivity contribution in [2.45, 2.75) is 177 Å². The number of aliphatic hydroxyl groups excluding tert-OH is 12. The van der Waals surface area contributed by atoms with Crippen LogP contribution in [0.4, 0.5) is 0 Å². The third-order valence-corrected chi connectivity index (χ3v) is 13.2. The molecular formula is C41H64N12O20. The Labute approximate surface area is 414 Å². The highest BCUT2D eigenvalue weighted by atomic mass is 16.6. The smallest absolute Gasteiger partial charge is 0.180 e. The van der Waals surface area contributed by atoms with Gasteiger partial charge in [-0.15, -0.1) is 20.4 Å². The molecule has 4 aliphatic rings. The van der Waals surface area contributed by atoms with Crippen molar-refractivity contribution < 1.29 is 99.2 Å². The minimum Gasteiger partial charge on any atom is -0.388 e. The van der Waals surface area contributed by atoms with Crippen molar-refractivity contribution in [3.05, 3.63) is 47.6 Å². The van der Waals surface area contributed by atoms with E-state index >= 15 is 0 Å². The second kappa shape index (κ2) is 23.3. The van der Waals surface area contributed by atoms with E-state index in [0.29, 0.717) is 0 Å². The fourth-order valence-corrected chi connectivity index (χ4v) is 8.75. The third-order valence-electron chi connectivity index (χ3n) is 13.2. The number of aliphatic hydroxyl groups is 12. The molecule has 4 aromatic heterocycles. The van der Waals surface area contributed by atoms with Gasteiger partial charge in [0, 0.05) is 0 Å². The summed E-state index contributed by atoms with van der Waals surface area (Å²) in [7, 11) is 0. The van der Waals surface area contributed by atoms with E-state index in [9.17, 15) is 61.3 Å². The minimum atomic E-state index is -1.54. The maximum Gasteiger partial charge on any atom is 0.180 e. The van der Waals surface area contributed by atoms with E-state index in [4.69, 9.17) is 37.9 Å². The Balaban J connectivity index is 1.01. The molecule has 4 fully saturated rings. The first kappa shape index (κ1) is 55.0. The van der Waals surface area contributed by atoms with Gasteiger partial charge in [-0.3, -0.25) is 0 Å². The van der Waals surface area contributed by atoms with Crippen LogP contribution in [0.3, 0.4) is 0 Å². The zero-order chi connectivity index (χ0) is 52.5. The van der Waals surface area contributed by atoms with Crippen molar-refractivity contribution >= 4 is 0 Å². The molecule has 4 aromatic rings. The van der Waals surface area contributed by atoms with Gasteiger partial charge in [0.05, 0.1) is 107 Å². The van der Waals surface area contributed by atoms with Crippen LogP contribution in [0.5, 0.6) is 0 Å². The summed E-state index contributed by atoms with van der Waals surface area (Å²) in [5.74, 6) is 0. The Morgan fingerprint density at radius 1 is 0.356 bits per heavy atom. The zero-order valence-electron chi connectivity index (χ0n) is 40.0. The van der Waals surface area contributed by atoms with E-state index in [1.54, 1.807) is 0 Å². The van der Waals surface area contributed by atoms with Crippen molar-refractivity contribution in [3.63, 3.8) is 0 Å². The molecule has 0 aromatic carbocycles. The van der Waals surface area contributed by atoms with Gasteiger partial charge in [0.1, 0.15) is 96.0 Å². The molecule has 0 unspecified atom stereocenters. The molecule has 0 amide bonds. The molecule has 32 nitrogen and oxygen atoms in total. The van der Waals surface area contributed by atoms with Crippen LogP contribution in [0.1, 0.15) is 75.4 Å². The topological polar surface area (TPSA) is 439 Å². The van der Waals surface area contributed by atoms with Crippen molar-refractivity contribution in [3.8, 4) is 0 Å². The summed E-state index contributed by atoms with van der Waals surface area (Å²) in [6, 6.07) is 0. The second-order valence-electron chi connectivity index (χ2n) is 19.0. The number of rotatable bonds is 20. The van der Waals surface area contributed by atoms with Crippen LogP contribution in [-0.4, -0.2) is 245 Å². The fraction of sp³-hybridized carbons (Fsp3) is 0.805. The molecule has 0 spiro atoms. The summed E-state index contributed by atoms with van der Waals surface area (Å²) < 4.78 is 52.5. The summed E-state index contributed by atoms with van der Waals surface area (Å²) in [5, 5.41) is 158. The lowest BCUT2D eigenvalue weighted by atomic mass is 9.92. The fourth-order valence-electron chi connectivity index (χ4n) is 8.75. The lowest BCUT2D eigenvalue weighted by molar-refractivity contribution is -0.243. The van der Waals surface area contributed by atoms with Crippen molar-refractivity contribution in [2.24, 2.45) is 5.41 Å². The molecule has 20 atom stereocenters. The molecule has 408 valence electrons. The molecule has 8 heterocycles. The largest absolute Gasteiger partial charge is 0.388 e. The Bertz CT molecular complexity index is 2040. The quantitative estimate of drug-likeness (QED) is 0.0391. The van der Waals surface area contributed by atoms with E-state index in [2.05, 4.69) is 41.2 Å². The summed E-state index contributed by atoms with van der Waals surface area (Å²) in [6.45, 7) is 4.64. The SMILES string of the molecule is C[C@@H]1O[C@@H](n2cc(COCC(COCc3cn([C@@H]4O[C@@H](C)[C@@H](O)[C@@H](O)[C@@H]4O)nn3)(COCc3cn([C@@H]4O[C@@H](C)[C@@H](O)[C@@H](O)[C@@H]4O)nn3)COCc3cn([C@@H]4O[C@@H](C)[C@@H](O)[C@@H](O)[C@@H]4O)nn3)nn2)[C@@H](O)[C@H](O)[C@@H]1O. The molecule has 4 saturated heterocycles. The van der Waals surface area contributed by atoms with Gasteiger partial charge in [-0.1, -0.05) is 20.9 Å².